The summed E-state index contributed by atoms with van der Waals surface area (Å²) in [7, 11) is 0. The topological polar surface area (TPSA) is 47.3 Å². The van der Waals surface area contributed by atoms with Crippen LogP contribution >= 0.6 is 0 Å². The molecule has 0 amide bonds. The van der Waals surface area contributed by atoms with Gasteiger partial charge in [0.25, 0.3) is 0 Å². The standard InChI is InChI=1S/C13H14N2O2/c16-7-11-12-8-17-13(6-15(12)9-14-11)10-4-2-1-3-5-10/h1-5,9,13,16H,6-8H2/t13-/m0/s1. The lowest BCUT2D eigenvalue weighted by Gasteiger charge is -2.25. The van der Waals surface area contributed by atoms with Gasteiger partial charge in [-0.25, -0.2) is 4.98 Å². The van der Waals surface area contributed by atoms with Crippen molar-refractivity contribution in [3.05, 3.63) is 53.6 Å². The fourth-order valence-corrected chi connectivity index (χ4v) is 2.19. The first kappa shape index (κ1) is 10.5. The molecule has 4 nitrogen and oxygen atoms in total. The maximum absolute atomic E-state index is 9.13. The van der Waals surface area contributed by atoms with Gasteiger partial charge in [-0.15, -0.1) is 0 Å². The van der Waals surface area contributed by atoms with E-state index in [4.69, 9.17) is 9.84 Å². The number of aliphatic hydroxyl groups is 1. The summed E-state index contributed by atoms with van der Waals surface area (Å²) >= 11 is 0. The van der Waals surface area contributed by atoms with Crippen LogP contribution in [0.15, 0.2) is 36.7 Å². The van der Waals surface area contributed by atoms with Crippen LogP contribution in [0.25, 0.3) is 0 Å². The first-order valence-electron chi connectivity index (χ1n) is 5.69. The Kier molecular flexibility index (Phi) is 2.66. The predicted molar refractivity (Wildman–Crippen MR) is 62.1 cm³/mol. The van der Waals surface area contributed by atoms with Crippen molar-refractivity contribution in [3.8, 4) is 0 Å². The van der Waals surface area contributed by atoms with Crippen LogP contribution in [0, 0.1) is 0 Å². The Morgan fingerprint density at radius 3 is 2.94 bits per heavy atom. The van der Waals surface area contributed by atoms with Crippen molar-refractivity contribution in [3.63, 3.8) is 0 Å². The minimum Gasteiger partial charge on any atom is -0.390 e. The molecule has 2 aromatic rings. The second-order valence-electron chi connectivity index (χ2n) is 4.16. The average Bonchev–Trinajstić information content (AvgIpc) is 2.81. The van der Waals surface area contributed by atoms with E-state index in [-0.39, 0.29) is 12.7 Å². The van der Waals surface area contributed by atoms with Crippen molar-refractivity contribution in [2.24, 2.45) is 0 Å². The van der Waals surface area contributed by atoms with E-state index < -0.39 is 0 Å². The van der Waals surface area contributed by atoms with Gasteiger partial charge >= 0.3 is 0 Å². The predicted octanol–water partition coefficient (Wildman–Crippen LogP) is 1.65. The molecule has 0 spiro atoms. The van der Waals surface area contributed by atoms with Crippen LogP contribution in [-0.4, -0.2) is 14.7 Å². The van der Waals surface area contributed by atoms with Crippen LogP contribution in [0.3, 0.4) is 0 Å². The summed E-state index contributed by atoms with van der Waals surface area (Å²) in [6, 6.07) is 10.2. The van der Waals surface area contributed by atoms with Gasteiger partial charge in [0.2, 0.25) is 0 Å². The van der Waals surface area contributed by atoms with Crippen LogP contribution in [0.2, 0.25) is 0 Å². The van der Waals surface area contributed by atoms with E-state index in [1.807, 2.05) is 18.2 Å². The molecule has 1 aromatic carbocycles. The summed E-state index contributed by atoms with van der Waals surface area (Å²) in [6.45, 7) is 1.24. The maximum atomic E-state index is 9.13. The third kappa shape index (κ3) is 1.85. The van der Waals surface area contributed by atoms with Gasteiger partial charge in [-0.05, 0) is 5.56 Å². The van der Waals surface area contributed by atoms with Gasteiger partial charge in [-0.1, -0.05) is 30.3 Å². The van der Waals surface area contributed by atoms with Crippen molar-refractivity contribution in [1.29, 1.82) is 0 Å². The van der Waals surface area contributed by atoms with Crippen molar-refractivity contribution in [2.45, 2.75) is 25.9 Å². The Morgan fingerprint density at radius 1 is 1.35 bits per heavy atom. The Balaban J connectivity index is 1.86. The van der Waals surface area contributed by atoms with Gasteiger partial charge in [-0.2, -0.15) is 0 Å². The molecule has 0 fully saturated rings. The zero-order valence-corrected chi connectivity index (χ0v) is 9.41. The van der Waals surface area contributed by atoms with Gasteiger partial charge in [0, 0.05) is 0 Å². The number of ether oxygens (including phenoxy) is 1. The van der Waals surface area contributed by atoms with E-state index in [2.05, 4.69) is 21.7 Å². The summed E-state index contributed by atoms with van der Waals surface area (Å²) in [5.41, 5.74) is 2.88. The summed E-state index contributed by atoms with van der Waals surface area (Å²) in [5.74, 6) is 0. The lowest BCUT2D eigenvalue weighted by Crippen LogP contribution is -2.21. The van der Waals surface area contributed by atoms with Crippen LogP contribution < -0.4 is 0 Å². The summed E-state index contributed by atoms with van der Waals surface area (Å²) in [5, 5.41) is 9.13. The second-order valence-corrected chi connectivity index (χ2v) is 4.16. The van der Waals surface area contributed by atoms with Crippen LogP contribution in [0.4, 0.5) is 0 Å². The SMILES string of the molecule is OCc1ncn2c1CO[C@H](c1ccccc1)C2. The van der Waals surface area contributed by atoms with Crippen LogP contribution in [-0.2, 0) is 24.5 Å². The summed E-state index contributed by atoms with van der Waals surface area (Å²) in [4.78, 5) is 4.18. The summed E-state index contributed by atoms with van der Waals surface area (Å²) < 4.78 is 7.88. The number of hydrogen-bond donors (Lipinski definition) is 1. The molecule has 0 radical (unpaired) electrons. The fraction of sp³-hybridized carbons (Fsp3) is 0.308. The molecule has 0 aliphatic carbocycles. The molecule has 1 aromatic heterocycles. The third-order valence-corrected chi connectivity index (χ3v) is 3.14. The largest absolute Gasteiger partial charge is 0.390 e. The maximum Gasteiger partial charge on any atom is 0.101 e. The Labute approximate surface area is 99.5 Å². The number of benzene rings is 1. The highest BCUT2D eigenvalue weighted by Gasteiger charge is 2.22. The Bertz CT molecular complexity index is 507. The molecule has 0 saturated heterocycles. The number of rotatable bonds is 2. The number of imidazole rings is 1. The van der Waals surface area contributed by atoms with Crippen molar-refractivity contribution < 1.29 is 9.84 Å². The lowest BCUT2D eigenvalue weighted by atomic mass is 10.1. The van der Waals surface area contributed by atoms with Crippen molar-refractivity contribution in [2.75, 3.05) is 0 Å². The van der Waals surface area contributed by atoms with E-state index >= 15 is 0 Å². The first-order chi connectivity index (χ1) is 8.38. The number of nitrogens with zero attached hydrogens (tertiary/aromatic N) is 2. The minimum atomic E-state index is -0.0261. The van der Waals surface area contributed by atoms with Gasteiger partial charge < -0.3 is 14.4 Å². The highest BCUT2D eigenvalue weighted by atomic mass is 16.5. The van der Waals surface area contributed by atoms with E-state index in [1.165, 1.54) is 5.56 Å². The Morgan fingerprint density at radius 2 is 2.18 bits per heavy atom. The van der Waals surface area contributed by atoms with Gasteiger partial charge in [0.1, 0.15) is 6.10 Å². The Hall–Kier alpha value is -1.65. The normalized spacial score (nSPS) is 19.0. The minimum absolute atomic E-state index is 0.0261. The van der Waals surface area contributed by atoms with E-state index in [0.717, 1.165) is 17.9 Å². The number of aromatic nitrogens is 2. The second kappa shape index (κ2) is 4.31. The van der Waals surface area contributed by atoms with Gasteiger partial charge in [0.05, 0.1) is 37.5 Å². The smallest absolute Gasteiger partial charge is 0.101 e. The van der Waals surface area contributed by atoms with Crippen molar-refractivity contribution >= 4 is 0 Å². The molecule has 1 N–H and O–H groups in total. The molecule has 4 heteroatoms. The monoisotopic (exact) mass is 230 g/mol. The number of fused-ring (bicyclic) bond motifs is 1. The first-order valence-corrected chi connectivity index (χ1v) is 5.69. The van der Waals surface area contributed by atoms with E-state index in [1.54, 1.807) is 6.33 Å². The molecule has 2 heterocycles. The fourth-order valence-electron chi connectivity index (χ4n) is 2.19. The molecule has 1 aliphatic heterocycles. The van der Waals surface area contributed by atoms with Gasteiger partial charge in [-0.3, -0.25) is 0 Å². The van der Waals surface area contributed by atoms with E-state index in [0.29, 0.717) is 6.61 Å². The average molecular weight is 230 g/mol. The molecule has 1 atom stereocenters. The molecule has 0 unspecified atom stereocenters. The molecular weight excluding hydrogens is 216 g/mol. The van der Waals surface area contributed by atoms with Gasteiger partial charge in [0.15, 0.2) is 0 Å². The molecule has 0 bridgehead atoms. The highest BCUT2D eigenvalue weighted by molar-refractivity contribution is 5.20. The van der Waals surface area contributed by atoms with E-state index in [9.17, 15) is 0 Å². The third-order valence-electron chi connectivity index (χ3n) is 3.14. The molecule has 3 rings (SSSR count). The van der Waals surface area contributed by atoms with Crippen LogP contribution in [0.5, 0.6) is 0 Å². The number of aliphatic hydroxyl groups excluding tert-OH is 1. The zero-order valence-electron chi connectivity index (χ0n) is 9.41. The lowest BCUT2D eigenvalue weighted by molar-refractivity contribution is 0.00198. The molecule has 0 saturated carbocycles. The van der Waals surface area contributed by atoms with Crippen molar-refractivity contribution in [1.82, 2.24) is 9.55 Å². The quantitative estimate of drug-likeness (QED) is 0.853. The number of hydrogen-bond acceptors (Lipinski definition) is 3. The summed E-state index contributed by atoms with van der Waals surface area (Å²) in [6.07, 6.45) is 1.85. The zero-order chi connectivity index (χ0) is 11.7. The molecule has 88 valence electrons. The van der Waals surface area contributed by atoms with Crippen LogP contribution in [0.1, 0.15) is 23.1 Å². The highest BCUT2D eigenvalue weighted by Crippen LogP contribution is 2.27. The molecule has 1 aliphatic rings. The molecule has 17 heavy (non-hydrogen) atoms. The molecular formula is C13H14N2O2.